The summed E-state index contributed by atoms with van der Waals surface area (Å²) in [5, 5.41) is 13.5. The molecule has 1 aliphatic heterocycles. The van der Waals surface area contributed by atoms with E-state index in [1.807, 2.05) is 4.90 Å². The Morgan fingerprint density at radius 1 is 1.21 bits per heavy atom. The number of carbonyl (C=O) groups excluding carboxylic acids is 1. The molecule has 1 aromatic carbocycles. The van der Waals surface area contributed by atoms with E-state index in [-0.39, 0.29) is 17.4 Å². The smallest absolute Gasteiger partial charge is 0.379 e. The third-order valence-corrected chi connectivity index (χ3v) is 7.98. The van der Waals surface area contributed by atoms with Crippen LogP contribution in [0.3, 0.4) is 0 Å². The van der Waals surface area contributed by atoms with Gasteiger partial charge in [-0.05, 0) is 61.1 Å². The molecule has 1 amide bonds. The van der Waals surface area contributed by atoms with Gasteiger partial charge in [-0.2, -0.15) is 13.2 Å². The molecule has 34 heavy (non-hydrogen) atoms. The lowest BCUT2D eigenvalue weighted by Crippen LogP contribution is -2.48. The summed E-state index contributed by atoms with van der Waals surface area (Å²) in [5.74, 6) is 0.309. The number of rotatable bonds is 9. The van der Waals surface area contributed by atoms with Crippen molar-refractivity contribution in [2.45, 2.75) is 110 Å². The molecule has 1 aromatic rings. The molecule has 1 aliphatic carbocycles. The van der Waals surface area contributed by atoms with Gasteiger partial charge < -0.3 is 15.3 Å². The van der Waals surface area contributed by atoms with Gasteiger partial charge in [-0.15, -0.1) is 0 Å². The van der Waals surface area contributed by atoms with Crippen LogP contribution >= 0.6 is 0 Å². The fourth-order valence-electron chi connectivity index (χ4n) is 5.95. The lowest BCUT2D eigenvalue weighted by molar-refractivity contribution is -0.206. The summed E-state index contributed by atoms with van der Waals surface area (Å²) in [4.78, 5) is 15.7. The van der Waals surface area contributed by atoms with Gasteiger partial charge in [0.1, 0.15) is 0 Å². The van der Waals surface area contributed by atoms with Gasteiger partial charge in [0, 0.05) is 25.2 Å². The molecule has 0 bridgehead atoms. The van der Waals surface area contributed by atoms with Crippen molar-refractivity contribution in [3.05, 3.63) is 34.9 Å². The lowest BCUT2D eigenvalue weighted by Gasteiger charge is -2.40. The van der Waals surface area contributed by atoms with Crippen molar-refractivity contribution in [3.8, 4) is 0 Å². The van der Waals surface area contributed by atoms with Crippen molar-refractivity contribution in [1.29, 1.82) is 0 Å². The summed E-state index contributed by atoms with van der Waals surface area (Å²) >= 11 is 0. The molecule has 7 heteroatoms. The molecule has 1 fully saturated rings. The van der Waals surface area contributed by atoms with E-state index in [1.54, 1.807) is 6.07 Å². The predicted molar refractivity (Wildman–Crippen MR) is 128 cm³/mol. The Kier molecular flexibility index (Phi) is 8.72. The molecule has 0 radical (unpaired) electrons. The normalized spacial score (nSPS) is 24.1. The molecule has 2 aliphatic rings. The van der Waals surface area contributed by atoms with Gasteiger partial charge in [-0.25, -0.2) is 0 Å². The zero-order chi connectivity index (χ0) is 25.1. The molecule has 0 saturated heterocycles. The standard InChI is InChI=1S/C27H41F3N2O2/c1-5-7-22(8-6-2)31-23-11-13-26(16-23,18(3)4)25(34)32-14-12-19-9-10-20(15-21(19)17-32)24(33)27(28,29)30/h9-10,15,18,22-24,31,33H,5-8,11-14,16-17H2,1-4H3/t23-,24?,26+/m1/s1. The van der Waals surface area contributed by atoms with Gasteiger partial charge in [0.25, 0.3) is 0 Å². The van der Waals surface area contributed by atoms with E-state index in [0.29, 0.717) is 37.2 Å². The van der Waals surface area contributed by atoms with Crippen LogP contribution in [0.2, 0.25) is 0 Å². The van der Waals surface area contributed by atoms with E-state index in [4.69, 9.17) is 0 Å². The average molecular weight is 483 g/mol. The first-order valence-electron chi connectivity index (χ1n) is 12.9. The van der Waals surface area contributed by atoms with Crippen LogP contribution in [0.1, 0.15) is 95.4 Å². The highest BCUT2D eigenvalue weighted by atomic mass is 19.4. The zero-order valence-corrected chi connectivity index (χ0v) is 21.0. The van der Waals surface area contributed by atoms with Crippen LogP contribution in [0.15, 0.2) is 18.2 Å². The molecule has 3 atom stereocenters. The maximum atomic E-state index is 13.9. The summed E-state index contributed by atoms with van der Waals surface area (Å²) in [6, 6.07) is 5.24. The van der Waals surface area contributed by atoms with Gasteiger partial charge in [-0.1, -0.05) is 58.7 Å². The van der Waals surface area contributed by atoms with Crippen LogP contribution in [0.4, 0.5) is 13.2 Å². The maximum Gasteiger partial charge on any atom is 0.418 e. The Labute approximate surface area is 202 Å². The number of carbonyl (C=O) groups is 1. The molecule has 1 unspecified atom stereocenters. The minimum Gasteiger partial charge on any atom is -0.379 e. The fourth-order valence-corrected chi connectivity index (χ4v) is 5.95. The van der Waals surface area contributed by atoms with E-state index in [9.17, 15) is 23.1 Å². The molecular formula is C27H41F3N2O2. The predicted octanol–water partition coefficient (Wildman–Crippen LogP) is 5.92. The maximum absolute atomic E-state index is 13.9. The molecular weight excluding hydrogens is 441 g/mol. The highest BCUT2D eigenvalue weighted by Crippen LogP contribution is 2.47. The minimum absolute atomic E-state index is 0.127. The van der Waals surface area contributed by atoms with E-state index in [2.05, 4.69) is 33.0 Å². The second-order valence-electron chi connectivity index (χ2n) is 10.6. The number of aliphatic hydroxyl groups excluding tert-OH is 1. The quantitative estimate of drug-likeness (QED) is 0.459. The van der Waals surface area contributed by atoms with E-state index >= 15 is 0 Å². The molecule has 1 saturated carbocycles. The topological polar surface area (TPSA) is 52.6 Å². The largest absolute Gasteiger partial charge is 0.418 e. The Hall–Kier alpha value is -1.60. The molecule has 4 nitrogen and oxygen atoms in total. The Bertz CT molecular complexity index is 836. The van der Waals surface area contributed by atoms with Gasteiger partial charge >= 0.3 is 6.18 Å². The van der Waals surface area contributed by atoms with Crippen molar-refractivity contribution in [3.63, 3.8) is 0 Å². The first-order valence-corrected chi connectivity index (χ1v) is 12.9. The number of hydrogen-bond acceptors (Lipinski definition) is 3. The van der Waals surface area contributed by atoms with Crippen molar-refractivity contribution in [2.24, 2.45) is 11.3 Å². The number of alkyl halides is 3. The van der Waals surface area contributed by atoms with Crippen LogP contribution in [-0.4, -0.2) is 40.7 Å². The number of fused-ring (bicyclic) bond motifs is 1. The Morgan fingerprint density at radius 2 is 1.88 bits per heavy atom. The van der Waals surface area contributed by atoms with Crippen LogP contribution < -0.4 is 5.32 Å². The summed E-state index contributed by atoms with van der Waals surface area (Å²) in [7, 11) is 0. The lowest BCUT2D eigenvalue weighted by atomic mass is 9.73. The van der Waals surface area contributed by atoms with Gasteiger partial charge in [0.15, 0.2) is 6.10 Å². The average Bonchev–Trinajstić information content (AvgIpc) is 3.22. The number of nitrogens with one attached hydrogen (secondary N) is 1. The number of amides is 1. The highest BCUT2D eigenvalue weighted by Gasteiger charge is 2.49. The third-order valence-electron chi connectivity index (χ3n) is 7.98. The van der Waals surface area contributed by atoms with Crippen molar-refractivity contribution >= 4 is 5.91 Å². The van der Waals surface area contributed by atoms with Crippen LogP contribution in [0.5, 0.6) is 0 Å². The highest BCUT2D eigenvalue weighted by molar-refractivity contribution is 5.84. The van der Waals surface area contributed by atoms with Crippen LogP contribution in [0, 0.1) is 11.3 Å². The molecule has 1 heterocycles. The van der Waals surface area contributed by atoms with Crippen molar-refractivity contribution < 1.29 is 23.1 Å². The third kappa shape index (κ3) is 5.78. The summed E-state index contributed by atoms with van der Waals surface area (Å²) in [6.45, 7) is 9.51. The molecule has 192 valence electrons. The van der Waals surface area contributed by atoms with Crippen molar-refractivity contribution in [2.75, 3.05) is 6.54 Å². The Balaban J connectivity index is 1.75. The van der Waals surface area contributed by atoms with Gasteiger partial charge in [0.2, 0.25) is 5.91 Å². The monoisotopic (exact) mass is 482 g/mol. The van der Waals surface area contributed by atoms with E-state index < -0.39 is 17.7 Å². The number of halogens is 3. The number of hydrogen-bond donors (Lipinski definition) is 2. The van der Waals surface area contributed by atoms with E-state index in [1.165, 1.54) is 12.1 Å². The summed E-state index contributed by atoms with van der Waals surface area (Å²) in [5.41, 5.74) is 1.05. The summed E-state index contributed by atoms with van der Waals surface area (Å²) in [6.07, 6.45) is 0.573. The molecule has 2 N–H and O–H groups in total. The SMILES string of the molecule is CCCC(CCC)N[C@@H]1CC[C@@](C(=O)N2CCc3ccc(C(O)C(F)(F)F)cc3C2)(C(C)C)C1. The molecule has 0 spiro atoms. The molecule has 0 aromatic heterocycles. The number of nitrogens with zero attached hydrogens (tertiary/aromatic N) is 1. The first-order chi connectivity index (χ1) is 16.0. The minimum atomic E-state index is -4.71. The first kappa shape index (κ1) is 27.0. The fraction of sp³-hybridized carbons (Fsp3) is 0.741. The van der Waals surface area contributed by atoms with Crippen LogP contribution in [-0.2, 0) is 17.8 Å². The second-order valence-corrected chi connectivity index (χ2v) is 10.6. The number of aliphatic hydroxyl groups is 1. The van der Waals surface area contributed by atoms with Crippen molar-refractivity contribution in [1.82, 2.24) is 10.2 Å². The second kappa shape index (κ2) is 11.0. The number of benzene rings is 1. The summed E-state index contributed by atoms with van der Waals surface area (Å²) < 4.78 is 39.1. The van der Waals surface area contributed by atoms with E-state index in [0.717, 1.165) is 50.5 Å². The van der Waals surface area contributed by atoms with Gasteiger partial charge in [0.05, 0.1) is 5.41 Å². The zero-order valence-electron chi connectivity index (χ0n) is 21.0. The van der Waals surface area contributed by atoms with Crippen LogP contribution in [0.25, 0.3) is 0 Å². The van der Waals surface area contributed by atoms with Gasteiger partial charge in [-0.3, -0.25) is 4.79 Å². The molecule has 3 rings (SSSR count). The Morgan fingerprint density at radius 3 is 2.47 bits per heavy atom.